The van der Waals surface area contributed by atoms with Crippen LogP contribution in [-0.2, 0) is 0 Å². The van der Waals surface area contributed by atoms with Gasteiger partial charge in [-0.2, -0.15) is 0 Å². The van der Waals surface area contributed by atoms with Crippen LogP contribution in [0.1, 0.15) is 12.6 Å². The van der Waals surface area contributed by atoms with E-state index in [-0.39, 0.29) is 6.03 Å². The van der Waals surface area contributed by atoms with Gasteiger partial charge in [0.25, 0.3) is 0 Å². The average molecular weight is 384 g/mol. The van der Waals surface area contributed by atoms with E-state index in [2.05, 4.69) is 30.9 Å². The SMILES string of the molecule is CCOc1cccc(NC(=O)Nc2nc(C)c(-c3ccnc(NC)n3)s2)c1. The molecule has 2 amide bonds. The Hall–Kier alpha value is -3.20. The first-order valence-electron chi connectivity index (χ1n) is 8.38. The number of amides is 2. The Morgan fingerprint density at radius 3 is 2.85 bits per heavy atom. The fourth-order valence-corrected chi connectivity index (χ4v) is 3.31. The summed E-state index contributed by atoms with van der Waals surface area (Å²) in [6.45, 7) is 4.35. The van der Waals surface area contributed by atoms with Crippen molar-refractivity contribution in [3.8, 4) is 16.3 Å². The van der Waals surface area contributed by atoms with Gasteiger partial charge in [-0.25, -0.2) is 19.7 Å². The van der Waals surface area contributed by atoms with Gasteiger partial charge in [-0.1, -0.05) is 17.4 Å². The van der Waals surface area contributed by atoms with Crippen LogP contribution in [0.5, 0.6) is 5.75 Å². The third-order valence-electron chi connectivity index (χ3n) is 3.53. The van der Waals surface area contributed by atoms with E-state index in [4.69, 9.17) is 4.74 Å². The largest absolute Gasteiger partial charge is 0.494 e. The van der Waals surface area contributed by atoms with Crippen molar-refractivity contribution >= 4 is 34.1 Å². The van der Waals surface area contributed by atoms with Gasteiger partial charge >= 0.3 is 6.03 Å². The highest BCUT2D eigenvalue weighted by atomic mass is 32.1. The number of rotatable bonds is 6. The van der Waals surface area contributed by atoms with Crippen molar-refractivity contribution in [1.82, 2.24) is 15.0 Å². The molecule has 0 saturated heterocycles. The van der Waals surface area contributed by atoms with Crippen molar-refractivity contribution in [3.63, 3.8) is 0 Å². The number of urea groups is 1. The number of benzene rings is 1. The minimum atomic E-state index is -0.373. The molecule has 1 aromatic carbocycles. The monoisotopic (exact) mass is 384 g/mol. The highest BCUT2D eigenvalue weighted by Gasteiger charge is 2.14. The zero-order valence-corrected chi connectivity index (χ0v) is 16.1. The lowest BCUT2D eigenvalue weighted by atomic mass is 10.3. The summed E-state index contributed by atoms with van der Waals surface area (Å²) in [6, 6.07) is 8.65. The zero-order chi connectivity index (χ0) is 19.2. The van der Waals surface area contributed by atoms with Crippen LogP contribution in [0.15, 0.2) is 36.5 Å². The molecule has 0 radical (unpaired) electrons. The van der Waals surface area contributed by atoms with Crippen molar-refractivity contribution < 1.29 is 9.53 Å². The van der Waals surface area contributed by atoms with E-state index in [0.29, 0.717) is 29.1 Å². The molecule has 3 rings (SSSR count). The number of anilines is 3. The maximum absolute atomic E-state index is 12.3. The smallest absolute Gasteiger partial charge is 0.325 e. The van der Waals surface area contributed by atoms with Gasteiger partial charge in [0.15, 0.2) is 5.13 Å². The van der Waals surface area contributed by atoms with E-state index in [1.807, 2.05) is 32.0 Å². The second-order valence-corrected chi connectivity index (χ2v) is 6.49. The van der Waals surface area contributed by atoms with Crippen molar-refractivity contribution in [2.75, 3.05) is 29.6 Å². The van der Waals surface area contributed by atoms with E-state index in [0.717, 1.165) is 16.3 Å². The maximum atomic E-state index is 12.3. The normalized spacial score (nSPS) is 10.3. The van der Waals surface area contributed by atoms with Gasteiger partial charge in [-0.05, 0) is 32.0 Å². The fourth-order valence-electron chi connectivity index (χ4n) is 2.38. The number of hydrogen-bond donors (Lipinski definition) is 3. The molecule has 8 nitrogen and oxygen atoms in total. The van der Waals surface area contributed by atoms with E-state index >= 15 is 0 Å². The van der Waals surface area contributed by atoms with Crippen LogP contribution in [-0.4, -0.2) is 34.6 Å². The molecule has 0 spiro atoms. The minimum Gasteiger partial charge on any atom is -0.494 e. The third kappa shape index (κ3) is 4.70. The maximum Gasteiger partial charge on any atom is 0.325 e. The molecular formula is C18H20N6O2S. The molecule has 0 fully saturated rings. The first kappa shape index (κ1) is 18.6. The molecule has 0 atom stereocenters. The molecule has 0 bridgehead atoms. The summed E-state index contributed by atoms with van der Waals surface area (Å²) in [7, 11) is 1.76. The Bertz CT molecular complexity index is 943. The van der Waals surface area contributed by atoms with Crippen LogP contribution in [0.3, 0.4) is 0 Å². The summed E-state index contributed by atoms with van der Waals surface area (Å²) < 4.78 is 5.43. The summed E-state index contributed by atoms with van der Waals surface area (Å²) in [5, 5.41) is 8.94. The van der Waals surface area contributed by atoms with Crippen LogP contribution in [0.25, 0.3) is 10.6 Å². The highest BCUT2D eigenvalue weighted by molar-refractivity contribution is 7.19. The lowest BCUT2D eigenvalue weighted by Gasteiger charge is -2.08. The molecule has 0 aliphatic carbocycles. The van der Waals surface area contributed by atoms with Crippen LogP contribution in [0.2, 0.25) is 0 Å². The van der Waals surface area contributed by atoms with Crippen LogP contribution in [0, 0.1) is 6.92 Å². The number of carbonyl (C=O) groups is 1. The Balaban J connectivity index is 1.71. The van der Waals surface area contributed by atoms with Gasteiger partial charge in [0.05, 0.1) is 22.9 Å². The Labute approximate surface area is 161 Å². The lowest BCUT2D eigenvalue weighted by Crippen LogP contribution is -2.19. The quantitative estimate of drug-likeness (QED) is 0.594. The number of nitrogens with one attached hydrogen (secondary N) is 3. The predicted octanol–water partition coefficient (Wildman–Crippen LogP) is 3.99. The molecule has 2 heterocycles. The van der Waals surface area contributed by atoms with E-state index in [1.54, 1.807) is 25.4 Å². The van der Waals surface area contributed by atoms with E-state index in [9.17, 15) is 4.79 Å². The molecule has 9 heteroatoms. The van der Waals surface area contributed by atoms with Gasteiger partial charge in [0.2, 0.25) is 5.95 Å². The van der Waals surface area contributed by atoms with E-state index < -0.39 is 0 Å². The number of thiazole rings is 1. The van der Waals surface area contributed by atoms with Gasteiger partial charge in [-0.3, -0.25) is 5.32 Å². The first-order chi connectivity index (χ1) is 13.1. The second-order valence-electron chi connectivity index (χ2n) is 5.49. The number of aromatic nitrogens is 3. The van der Waals surface area contributed by atoms with Gasteiger partial charge < -0.3 is 15.4 Å². The molecule has 140 valence electrons. The summed E-state index contributed by atoms with van der Waals surface area (Å²) in [5.74, 6) is 1.23. The number of aryl methyl sites for hydroxylation is 1. The number of hydrogen-bond acceptors (Lipinski definition) is 7. The molecule has 0 unspecified atom stereocenters. The van der Waals surface area contributed by atoms with Gasteiger partial charge in [0, 0.05) is 25.0 Å². The summed E-state index contributed by atoms with van der Waals surface area (Å²) >= 11 is 1.36. The molecule has 0 aliphatic heterocycles. The van der Waals surface area contributed by atoms with Gasteiger partial charge in [0.1, 0.15) is 5.75 Å². The number of ether oxygens (including phenoxy) is 1. The van der Waals surface area contributed by atoms with Gasteiger partial charge in [-0.15, -0.1) is 0 Å². The van der Waals surface area contributed by atoms with Crippen LogP contribution < -0.4 is 20.7 Å². The molecule has 2 aromatic heterocycles. The third-order valence-corrected chi connectivity index (χ3v) is 4.63. The number of nitrogens with zero attached hydrogens (tertiary/aromatic N) is 3. The molecule has 27 heavy (non-hydrogen) atoms. The summed E-state index contributed by atoms with van der Waals surface area (Å²) in [4.78, 5) is 26.1. The standard InChI is InChI=1S/C18H20N6O2S/c1-4-26-13-7-5-6-12(10-13)22-17(25)24-18-21-11(2)15(27-18)14-8-9-20-16(19-3)23-14/h5-10H,4H2,1-3H3,(H,19,20,23)(H2,21,22,24,25). The fraction of sp³-hybridized carbons (Fsp3) is 0.222. The summed E-state index contributed by atoms with van der Waals surface area (Å²) in [6.07, 6.45) is 1.68. The lowest BCUT2D eigenvalue weighted by molar-refractivity contribution is 0.262. The van der Waals surface area contributed by atoms with Crippen molar-refractivity contribution in [2.45, 2.75) is 13.8 Å². The highest BCUT2D eigenvalue weighted by Crippen LogP contribution is 2.31. The number of carbonyl (C=O) groups excluding carboxylic acids is 1. The zero-order valence-electron chi connectivity index (χ0n) is 15.2. The second kappa shape index (κ2) is 8.45. The summed E-state index contributed by atoms with van der Waals surface area (Å²) in [5.41, 5.74) is 2.18. The first-order valence-corrected chi connectivity index (χ1v) is 9.20. The van der Waals surface area contributed by atoms with Crippen molar-refractivity contribution in [3.05, 3.63) is 42.2 Å². The molecule has 3 aromatic rings. The Kier molecular flexibility index (Phi) is 5.82. The van der Waals surface area contributed by atoms with Crippen LogP contribution >= 0.6 is 11.3 Å². The van der Waals surface area contributed by atoms with E-state index in [1.165, 1.54) is 11.3 Å². The van der Waals surface area contributed by atoms with Crippen molar-refractivity contribution in [1.29, 1.82) is 0 Å². The molecule has 3 N–H and O–H groups in total. The topological polar surface area (TPSA) is 101 Å². The minimum absolute atomic E-state index is 0.373. The van der Waals surface area contributed by atoms with Crippen molar-refractivity contribution in [2.24, 2.45) is 0 Å². The average Bonchev–Trinajstić information content (AvgIpc) is 3.02. The Morgan fingerprint density at radius 2 is 2.07 bits per heavy atom. The molecule has 0 saturated carbocycles. The molecule has 0 aliphatic rings. The predicted molar refractivity (Wildman–Crippen MR) is 108 cm³/mol. The van der Waals surface area contributed by atoms with Crippen LogP contribution in [0.4, 0.5) is 21.6 Å². The Morgan fingerprint density at radius 1 is 1.22 bits per heavy atom. The molecular weight excluding hydrogens is 364 g/mol.